The van der Waals surface area contributed by atoms with Crippen molar-refractivity contribution in [1.29, 1.82) is 0 Å². The maximum Gasteiger partial charge on any atom is 0.253 e. The highest BCUT2D eigenvalue weighted by atomic mass is 19.1. The van der Waals surface area contributed by atoms with Gasteiger partial charge in [-0.05, 0) is 74.7 Å². The standard InChI is InChI=1S/C29H34FN5O2/c1-3-34(4-2)29(37)22-10-12-23(13-11-22)35(27-25(28(31)36)8-5-9-26(27)30)24-14-17-33(18-15-24)20-21-7-6-16-32-19-21/h5-13,16,19,24H,3-4,14-15,17-18,20H2,1-2H3,(H2,31,36). The number of nitrogens with two attached hydrogens (primary N) is 1. The molecule has 4 rings (SSSR count). The number of nitrogens with zero attached hydrogens (tertiary/aromatic N) is 4. The van der Waals surface area contributed by atoms with Crippen LogP contribution in [0, 0.1) is 5.82 Å². The third kappa shape index (κ3) is 5.97. The van der Waals surface area contributed by atoms with Crippen molar-refractivity contribution in [3.63, 3.8) is 0 Å². The first-order valence-corrected chi connectivity index (χ1v) is 12.8. The van der Waals surface area contributed by atoms with Crippen LogP contribution in [0.4, 0.5) is 15.8 Å². The summed E-state index contributed by atoms with van der Waals surface area (Å²) in [7, 11) is 0. The number of carbonyl (C=O) groups is 2. The maximum absolute atomic E-state index is 15.3. The van der Waals surface area contributed by atoms with E-state index in [1.807, 2.05) is 43.1 Å². The fourth-order valence-corrected chi connectivity index (χ4v) is 5.03. The second-order valence-corrected chi connectivity index (χ2v) is 9.26. The van der Waals surface area contributed by atoms with Crippen molar-refractivity contribution in [3.8, 4) is 0 Å². The molecule has 2 N–H and O–H groups in total. The van der Waals surface area contributed by atoms with Gasteiger partial charge in [0.15, 0.2) is 0 Å². The molecule has 37 heavy (non-hydrogen) atoms. The Labute approximate surface area is 217 Å². The van der Waals surface area contributed by atoms with Crippen LogP contribution in [0.3, 0.4) is 0 Å². The number of piperidine rings is 1. The van der Waals surface area contributed by atoms with Crippen LogP contribution >= 0.6 is 0 Å². The summed E-state index contributed by atoms with van der Waals surface area (Å²) < 4.78 is 15.3. The molecule has 1 aliphatic rings. The van der Waals surface area contributed by atoms with Crippen LogP contribution in [-0.4, -0.2) is 58.8 Å². The van der Waals surface area contributed by atoms with Gasteiger partial charge in [-0.2, -0.15) is 0 Å². The monoisotopic (exact) mass is 503 g/mol. The normalized spacial score (nSPS) is 14.4. The third-order valence-electron chi connectivity index (χ3n) is 6.99. The molecular formula is C29H34FN5O2. The van der Waals surface area contributed by atoms with E-state index in [-0.39, 0.29) is 23.2 Å². The number of anilines is 2. The number of aromatic nitrogens is 1. The smallest absolute Gasteiger partial charge is 0.253 e. The van der Waals surface area contributed by atoms with Gasteiger partial charge in [-0.15, -0.1) is 0 Å². The van der Waals surface area contributed by atoms with E-state index in [1.165, 1.54) is 12.1 Å². The number of pyridine rings is 1. The molecule has 194 valence electrons. The summed E-state index contributed by atoms with van der Waals surface area (Å²) in [5, 5.41) is 0. The van der Waals surface area contributed by atoms with E-state index in [0.717, 1.165) is 43.7 Å². The summed E-state index contributed by atoms with van der Waals surface area (Å²) >= 11 is 0. The van der Waals surface area contributed by atoms with Crippen LogP contribution in [-0.2, 0) is 6.54 Å². The lowest BCUT2D eigenvalue weighted by atomic mass is 9.98. The molecule has 7 nitrogen and oxygen atoms in total. The first-order valence-electron chi connectivity index (χ1n) is 12.8. The van der Waals surface area contributed by atoms with Gasteiger partial charge in [0, 0.05) is 62.4 Å². The largest absolute Gasteiger partial charge is 0.366 e. The van der Waals surface area contributed by atoms with Crippen LogP contribution in [0.15, 0.2) is 67.0 Å². The summed E-state index contributed by atoms with van der Waals surface area (Å²) in [5.74, 6) is -1.23. The lowest BCUT2D eigenvalue weighted by Crippen LogP contribution is -2.43. The van der Waals surface area contributed by atoms with Crippen molar-refractivity contribution in [2.75, 3.05) is 31.1 Å². The first kappa shape index (κ1) is 26.3. The van der Waals surface area contributed by atoms with E-state index < -0.39 is 11.7 Å². The lowest BCUT2D eigenvalue weighted by Gasteiger charge is -2.40. The maximum atomic E-state index is 15.3. The van der Waals surface area contributed by atoms with Gasteiger partial charge in [-0.25, -0.2) is 4.39 Å². The second-order valence-electron chi connectivity index (χ2n) is 9.26. The Morgan fingerprint density at radius 1 is 1.03 bits per heavy atom. The van der Waals surface area contributed by atoms with Crippen molar-refractivity contribution in [2.24, 2.45) is 5.73 Å². The van der Waals surface area contributed by atoms with Gasteiger partial charge >= 0.3 is 0 Å². The molecular weight excluding hydrogens is 469 g/mol. The minimum Gasteiger partial charge on any atom is -0.366 e. The average Bonchev–Trinajstić information content (AvgIpc) is 2.92. The van der Waals surface area contributed by atoms with E-state index >= 15 is 4.39 Å². The molecule has 0 radical (unpaired) electrons. The topological polar surface area (TPSA) is 82.8 Å². The van der Waals surface area contributed by atoms with Crippen molar-refractivity contribution >= 4 is 23.2 Å². The fourth-order valence-electron chi connectivity index (χ4n) is 5.03. The number of hydrogen-bond acceptors (Lipinski definition) is 5. The molecule has 2 heterocycles. The number of primary amides is 1. The molecule has 2 aromatic carbocycles. The molecule has 3 aromatic rings. The quantitative estimate of drug-likeness (QED) is 0.461. The molecule has 1 saturated heterocycles. The molecule has 0 unspecified atom stereocenters. The molecule has 1 fully saturated rings. The molecule has 1 aromatic heterocycles. The Morgan fingerprint density at radius 3 is 2.32 bits per heavy atom. The summed E-state index contributed by atoms with van der Waals surface area (Å²) in [6.07, 6.45) is 5.18. The van der Waals surface area contributed by atoms with E-state index in [9.17, 15) is 9.59 Å². The number of hydrogen-bond donors (Lipinski definition) is 1. The summed E-state index contributed by atoms with van der Waals surface area (Å²) in [5.41, 5.74) is 8.43. The van der Waals surface area contributed by atoms with Crippen molar-refractivity contribution < 1.29 is 14.0 Å². The zero-order valence-electron chi connectivity index (χ0n) is 21.4. The van der Waals surface area contributed by atoms with E-state index in [2.05, 4.69) is 16.0 Å². The average molecular weight is 504 g/mol. The Balaban J connectivity index is 1.64. The van der Waals surface area contributed by atoms with E-state index in [1.54, 1.807) is 29.3 Å². The zero-order valence-corrected chi connectivity index (χ0v) is 21.4. The summed E-state index contributed by atoms with van der Waals surface area (Å²) in [6, 6.07) is 15.5. The number of halogens is 1. The van der Waals surface area contributed by atoms with Gasteiger partial charge in [0.25, 0.3) is 11.8 Å². The number of carbonyl (C=O) groups excluding carboxylic acids is 2. The Bertz CT molecular complexity index is 1210. The number of likely N-dealkylation sites (tertiary alicyclic amines) is 1. The molecule has 2 amide bonds. The highest BCUT2D eigenvalue weighted by molar-refractivity contribution is 6.00. The predicted octanol–water partition coefficient (Wildman–Crippen LogP) is 4.60. The molecule has 0 atom stereocenters. The fraction of sp³-hybridized carbons (Fsp3) is 0.345. The summed E-state index contributed by atoms with van der Waals surface area (Å²) in [6.45, 7) is 7.57. The molecule has 0 aliphatic carbocycles. The predicted molar refractivity (Wildman–Crippen MR) is 143 cm³/mol. The van der Waals surface area contributed by atoms with Crippen LogP contribution in [0.2, 0.25) is 0 Å². The highest BCUT2D eigenvalue weighted by Crippen LogP contribution is 2.36. The van der Waals surface area contributed by atoms with Gasteiger partial charge < -0.3 is 15.5 Å². The third-order valence-corrected chi connectivity index (χ3v) is 6.99. The van der Waals surface area contributed by atoms with Gasteiger partial charge in [-0.3, -0.25) is 19.5 Å². The Kier molecular flexibility index (Phi) is 8.50. The van der Waals surface area contributed by atoms with Crippen molar-refractivity contribution in [3.05, 3.63) is 89.5 Å². The van der Waals surface area contributed by atoms with Crippen LogP contribution in [0.25, 0.3) is 0 Å². The molecule has 0 bridgehead atoms. The van der Waals surface area contributed by atoms with Gasteiger partial charge in [0.1, 0.15) is 5.82 Å². The number of para-hydroxylation sites is 1. The number of benzene rings is 2. The van der Waals surface area contributed by atoms with Crippen LogP contribution < -0.4 is 10.6 Å². The van der Waals surface area contributed by atoms with Gasteiger partial charge in [0.2, 0.25) is 0 Å². The Morgan fingerprint density at radius 2 is 1.73 bits per heavy atom. The number of amides is 2. The second kappa shape index (κ2) is 12.0. The van der Waals surface area contributed by atoms with Gasteiger partial charge in [0.05, 0.1) is 11.3 Å². The van der Waals surface area contributed by atoms with Crippen molar-refractivity contribution in [2.45, 2.75) is 39.3 Å². The van der Waals surface area contributed by atoms with Crippen LogP contribution in [0.5, 0.6) is 0 Å². The van der Waals surface area contributed by atoms with Gasteiger partial charge in [-0.1, -0.05) is 12.1 Å². The minimum atomic E-state index is -0.679. The SMILES string of the molecule is CCN(CC)C(=O)c1ccc(N(c2c(F)cccc2C(N)=O)C2CCN(Cc3cccnc3)CC2)cc1. The number of rotatable bonds is 9. The highest BCUT2D eigenvalue weighted by Gasteiger charge is 2.30. The van der Waals surface area contributed by atoms with Crippen LogP contribution in [0.1, 0.15) is 53.0 Å². The first-order chi connectivity index (χ1) is 17.9. The summed E-state index contributed by atoms with van der Waals surface area (Å²) in [4.78, 5) is 35.3. The van der Waals surface area contributed by atoms with E-state index in [4.69, 9.17) is 5.73 Å². The minimum absolute atomic E-state index is 0.0458. The molecule has 0 spiro atoms. The Hall–Kier alpha value is -3.78. The molecule has 0 saturated carbocycles. The lowest BCUT2D eigenvalue weighted by molar-refractivity contribution is 0.0772. The van der Waals surface area contributed by atoms with E-state index in [0.29, 0.717) is 18.7 Å². The van der Waals surface area contributed by atoms with Crippen molar-refractivity contribution in [1.82, 2.24) is 14.8 Å². The molecule has 1 aliphatic heterocycles. The molecule has 8 heteroatoms. The zero-order chi connectivity index (χ0) is 26.4.